The van der Waals surface area contributed by atoms with Crippen LogP contribution in [0.4, 0.5) is 4.39 Å². The van der Waals surface area contributed by atoms with Gasteiger partial charge in [0, 0.05) is 12.3 Å². The van der Waals surface area contributed by atoms with Gasteiger partial charge in [-0.3, -0.25) is 4.79 Å². The number of benzene rings is 1. The minimum Gasteiger partial charge on any atom is -0.299 e. The molecular weight excluding hydrogens is 191 g/mol. The SMILES string of the molecule is CCC(=O)C(c1ccc(F)cc1)C(C)C. The van der Waals surface area contributed by atoms with Gasteiger partial charge in [0.25, 0.3) is 0 Å². The Kier molecular flexibility index (Phi) is 4.01. The van der Waals surface area contributed by atoms with Crippen LogP contribution in [0, 0.1) is 11.7 Å². The van der Waals surface area contributed by atoms with E-state index in [1.54, 1.807) is 12.1 Å². The Morgan fingerprint density at radius 3 is 2.20 bits per heavy atom. The van der Waals surface area contributed by atoms with E-state index in [0.717, 1.165) is 5.56 Å². The minimum absolute atomic E-state index is 0.101. The van der Waals surface area contributed by atoms with E-state index in [0.29, 0.717) is 6.42 Å². The van der Waals surface area contributed by atoms with Crippen LogP contribution >= 0.6 is 0 Å². The molecule has 0 aromatic heterocycles. The molecule has 1 aromatic carbocycles. The molecule has 1 aromatic rings. The van der Waals surface area contributed by atoms with Crippen molar-refractivity contribution >= 4 is 5.78 Å². The van der Waals surface area contributed by atoms with Crippen LogP contribution in [0.3, 0.4) is 0 Å². The lowest BCUT2D eigenvalue weighted by Crippen LogP contribution is -2.17. The van der Waals surface area contributed by atoms with Gasteiger partial charge in [0.2, 0.25) is 0 Å². The summed E-state index contributed by atoms with van der Waals surface area (Å²) >= 11 is 0. The van der Waals surface area contributed by atoms with Crippen molar-refractivity contribution < 1.29 is 9.18 Å². The monoisotopic (exact) mass is 208 g/mol. The smallest absolute Gasteiger partial charge is 0.140 e. The van der Waals surface area contributed by atoms with E-state index in [-0.39, 0.29) is 23.4 Å². The van der Waals surface area contributed by atoms with Gasteiger partial charge in [0.15, 0.2) is 0 Å². The number of carbonyl (C=O) groups is 1. The maximum atomic E-state index is 12.7. The molecular formula is C13H17FO. The molecule has 0 saturated carbocycles. The highest BCUT2D eigenvalue weighted by atomic mass is 19.1. The number of carbonyl (C=O) groups excluding carboxylic acids is 1. The maximum Gasteiger partial charge on any atom is 0.140 e. The summed E-state index contributed by atoms with van der Waals surface area (Å²) in [7, 11) is 0. The van der Waals surface area contributed by atoms with E-state index in [1.807, 2.05) is 20.8 Å². The largest absolute Gasteiger partial charge is 0.299 e. The van der Waals surface area contributed by atoms with Crippen molar-refractivity contribution in [3.05, 3.63) is 35.6 Å². The van der Waals surface area contributed by atoms with E-state index in [2.05, 4.69) is 0 Å². The fraction of sp³-hybridized carbons (Fsp3) is 0.462. The van der Waals surface area contributed by atoms with Crippen molar-refractivity contribution in [3.8, 4) is 0 Å². The van der Waals surface area contributed by atoms with Gasteiger partial charge in [-0.15, -0.1) is 0 Å². The van der Waals surface area contributed by atoms with Crippen LogP contribution in [-0.2, 0) is 4.79 Å². The Bertz CT molecular complexity index is 327. The van der Waals surface area contributed by atoms with Crippen LogP contribution < -0.4 is 0 Å². The molecule has 1 unspecified atom stereocenters. The highest BCUT2D eigenvalue weighted by Gasteiger charge is 2.22. The van der Waals surface area contributed by atoms with Gasteiger partial charge in [0.1, 0.15) is 11.6 Å². The van der Waals surface area contributed by atoms with Crippen LogP contribution in [0.2, 0.25) is 0 Å². The molecule has 1 rings (SSSR count). The van der Waals surface area contributed by atoms with E-state index in [4.69, 9.17) is 0 Å². The molecule has 0 N–H and O–H groups in total. The highest BCUT2D eigenvalue weighted by molar-refractivity contribution is 5.85. The van der Waals surface area contributed by atoms with Crippen LogP contribution in [0.25, 0.3) is 0 Å². The Labute approximate surface area is 90.3 Å². The molecule has 0 amide bonds. The first-order chi connectivity index (χ1) is 7.06. The van der Waals surface area contributed by atoms with Crippen LogP contribution in [-0.4, -0.2) is 5.78 Å². The number of hydrogen-bond acceptors (Lipinski definition) is 1. The van der Waals surface area contributed by atoms with Crippen LogP contribution in [0.1, 0.15) is 38.7 Å². The zero-order chi connectivity index (χ0) is 11.4. The molecule has 0 saturated heterocycles. The van der Waals surface area contributed by atoms with Crippen LogP contribution in [0.5, 0.6) is 0 Å². The third-order valence-corrected chi connectivity index (χ3v) is 2.59. The normalized spacial score (nSPS) is 12.9. The predicted octanol–water partition coefficient (Wildman–Crippen LogP) is 3.54. The van der Waals surface area contributed by atoms with Gasteiger partial charge in [-0.05, 0) is 23.6 Å². The molecule has 0 radical (unpaired) electrons. The molecule has 0 spiro atoms. The van der Waals surface area contributed by atoms with Crippen LogP contribution in [0.15, 0.2) is 24.3 Å². The summed E-state index contributed by atoms with van der Waals surface area (Å²) in [5.74, 6) is 0.111. The zero-order valence-electron chi connectivity index (χ0n) is 9.46. The molecule has 0 fully saturated rings. The standard InChI is InChI=1S/C13H17FO/c1-4-12(15)13(9(2)3)10-5-7-11(14)8-6-10/h5-9,13H,4H2,1-3H3. The first-order valence-corrected chi connectivity index (χ1v) is 5.34. The molecule has 1 atom stereocenters. The average molecular weight is 208 g/mol. The van der Waals surface area contributed by atoms with Crippen molar-refractivity contribution in [2.45, 2.75) is 33.1 Å². The van der Waals surface area contributed by atoms with E-state index >= 15 is 0 Å². The van der Waals surface area contributed by atoms with Crippen molar-refractivity contribution in [3.63, 3.8) is 0 Å². The van der Waals surface area contributed by atoms with Crippen molar-refractivity contribution in [1.29, 1.82) is 0 Å². The summed E-state index contributed by atoms with van der Waals surface area (Å²) < 4.78 is 12.7. The molecule has 15 heavy (non-hydrogen) atoms. The lowest BCUT2D eigenvalue weighted by Gasteiger charge is -2.19. The van der Waals surface area contributed by atoms with Gasteiger partial charge in [-0.1, -0.05) is 32.9 Å². The summed E-state index contributed by atoms with van der Waals surface area (Å²) in [4.78, 5) is 11.7. The first kappa shape index (κ1) is 11.9. The maximum absolute atomic E-state index is 12.7. The van der Waals surface area contributed by atoms with Gasteiger partial charge in [0.05, 0.1) is 0 Å². The molecule has 1 nitrogen and oxygen atoms in total. The van der Waals surface area contributed by atoms with E-state index in [9.17, 15) is 9.18 Å². The summed E-state index contributed by atoms with van der Waals surface area (Å²) in [6.45, 7) is 5.89. The van der Waals surface area contributed by atoms with Crippen molar-refractivity contribution in [2.24, 2.45) is 5.92 Å². The van der Waals surface area contributed by atoms with Gasteiger partial charge in [-0.25, -0.2) is 4.39 Å². The summed E-state index contributed by atoms with van der Waals surface area (Å²) in [5.41, 5.74) is 0.915. The topological polar surface area (TPSA) is 17.1 Å². The lowest BCUT2D eigenvalue weighted by molar-refractivity contribution is -0.121. The van der Waals surface area contributed by atoms with Gasteiger partial charge < -0.3 is 0 Å². The number of hydrogen-bond donors (Lipinski definition) is 0. The third-order valence-electron chi connectivity index (χ3n) is 2.59. The second-order valence-corrected chi connectivity index (χ2v) is 4.09. The molecule has 0 aliphatic carbocycles. The minimum atomic E-state index is -0.259. The Morgan fingerprint density at radius 2 is 1.80 bits per heavy atom. The molecule has 0 bridgehead atoms. The number of ketones is 1. The van der Waals surface area contributed by atoms with Gasteiger partial charge in [-0.2, -0.15) is 0 Å². The van der Waals surface area contributed by atoms with E-state index in [1.165, 1.54) is 12.1 Å². The third kappa shape index (κ3) is 2.88. The quantitative estimate of drug-likeness (QED) is 0.739. The van der Waals surface area contributed by atoms with Gasteiger partial charge >= 0.3 is 0 Å². The summed E-state index contributed by atoms with van der Waals surface area (Å²) in [6.07, 6.45) is 0.528. The predicted molar refractivity (Wildman–Crippen MR) is 59.3 cm³/mol. The average Bonchev–Trinajstić information content (AvgIpc) is 2.20. The number of rotatable bonds is 4. The van der Waals surface area contributed by atoms with E-state index < -0.39 is 0 Å². The molecule has 2 heteroatoms. The summed E-state index contributed by atoms with van der Waals surface area (Å²) in [6, 6.07) is 6.22. The fourth-order valence-electron chi connectivity index (χ4n) is 1.83. The molecule has 82 valence electrons. The Hall–Kier alpha value is -1.18. The highest BCUT2D eigenvalue weighted by Crippen LogP contribution is 2.26. The number of Topliss-reactive ketones (excluding diaryl/α,β-unsaturated/α-hetero) is 1. The fourth-order valence-corrected chi connectivity index (χ4v) is 1.83. The molecule has 0 aliphatic rings. The molecule has 0 aliphatic heterocycles. The second kappa shape index (κ2) is 5.06. The van der Waals surface area contributed by atoms with Crippen molar-refractivity contribution in [1.82, 2.24) is 0 Å². The Morgan fingerprint density at radius 1 is 1.27 bits per heavy atom. The van der Waals surface area contributed by atoms with Crippen molar-refractivity contribution in [2.75, 3.05) is 0 Å². The first-order valence-electron chi connectivity index (χ1n) is 5.34. The lowest BCUT2D eigenvalue weighted by atomic mass is 9.84. The number of halogens is 1. The Balaban J connectivity index is 2.99. The second-order valence-electron chi connectivity index (χ2n) is 4.09. The summed E-state index contributed by atoms with van der Waals surface area (Å²) in [5, 5.41) is 0. The molecule has 0 heterocycles. The zero-order valence-corrected chi connectivity index (χ0v) is 9.46.